The Balaban J connectivity index is 1.74. The number of rotatable bonds is 6. The molecule has 1 atom stereocenters. The monoisotopic (exact) mass is 245 g/mol. The molecule has 0 N–H and O–H groups in total. The van der Waals surface area contributed by atoms with Crippen LogP contribution in [0.25, 0.3) is 0 Å². The molecule has 2 fully saturated rings. The lowest BCUT2D eigenvalue weighted by Crippen LogP contribution is -2.33. The maximum Gasteiger partial charge on any atom is 0.00966 e. The van der Waals surface area contributed by atoms with Gasteiger partial charge in [0, 0.05) is 24.5 Å². The van der Waals surface area contributed by atoms with Crippen LogP contribution in [-0.4, -0.2) is 29.4 Å². The maximum atomic E-state index is 3.57. The van der Waals surface area contributed by atoms with Crippen LogP contribution in [0.3, 0.4) is 0 Å². The molecular weight excluding hydrogens is 226 g/mol. The molecule has 2 aliphatic rings. The van der Waals surface area contributed by atoms with E-state index in [1.54, 1.807) is 0 Å². The zero-order chi connectivity index (χ0) is 9.26. The SMILES string of the molecule is CC(CBr)CN(CC1CC1)C1CC1. The van der Waals surface area contributed by atoms with Gasteiger partial charge in [-0.25, -0.2) is 0 Å². The van der Waals surface area contributed by atoms with E-state index in [0.29, 0.717) is 0 Å². The molecule has 0 aromatic heterocycles. The minimum atomic E-state index is 0.819. The van der Waals surface area contributed by atoms with E-state index in [2.05, 4.69) is 27.8 Å². The Morgan fingerprint density at radius 3 is 2.46 bits per heavy atom. The molecule has 0 aliphatic heterocycles. The van der Waals surface area contributed by atoms with E-state index in [1.165, 1.54) is 38.8 Å². The van der Waals surface area contributed by atoms with E-state index in [-0.39, 0.29) is 0 Å². The standard InChI is InChI=1S/C11H20BrN/c1-9(6-12)7-13(11-4-5-11)8-10-2-3-10/h9-11H,2-8H2,1H3. The van der Waals surface area contributed by atoms with Crippen molar-refractivity contribution in [3.05, 3.63) is 0 Å². The molecule has 2 rings (SSSR count). The summed E-state index contributed by atoms with van der Waals surface area (Å²) in [7, 11) is 0. The minimum Gasteiger partial charge on any atom is -0.300 e. The smallest absolute Gasteiger partial charge is 0.00966 e. The van der Waals surface area contributed by atoms with Gasteiger partial charge in [-0.05, 0) is 37.5 Å². The van der Waals surface area contributed by atoms with Gasteiger partial charge in [-0.2, -0.15) is 0 Å². The van der Waals surface area contributed by atoms with Crippen LogP contribution in [0.1, 0.15) is 32.6 Å². The van der Waals surface area contributed by atoms with Crippen LogP contribution < -0.4 is 0 Å². The Labute approximate surface area is 90.0 Å². The highest BCUT2D eigenvalue weighted by atomic mass is 79.9. The van der Waals surface area contributed by atoms with Crippen LogP contribution in [0.4, 0.5) is 0 Å². The second kappa shape index (κ2) is 4.31. The van der Waals surface area contributed by atoms with Crippen LogP contribution in [0.2, 0.25) is 0 Å². The van der Waals surface area contributed by atoms with E-state index < -0.39 is 0 Å². The normalized spacial score (nSPS) is 25.2. The molecule has 2 saturated carbocycles. The summed E-state index contributed by atoms with van der Waals surface area (Å²) in [5, 5.41) is 1.15. The summed E-state index contributed by atoms with van der Waals surface area (Å²) in [6.07, 6.45) is 5.90. The van der Waals surface area contributed by atoms with E-state index in [4.69, 9.17) is 0 Å². The fourth-order valence-electron chi connectivity index (χ4n) is 1.89. The molecule has 0 spiro atoms. The average Bonchev–Trinajstić information content (AvgIpc) is 2.96. The van der Waals surface area contributed by atoms with E-state index in [0.717, 1.165) is 23.2 Å². The summed E-state index contributed by atoms with van der Waals surface area (Å²) >= 11 is 3.57. The third-order valence-electron chi connectivity index (χ3n) is 3.06. The predicted octanol–water partition coefficient (Wildman–Crippen LogP) is 2.89. The molecule has 2 aliphatic carbocycles. The van der Waals surface area contributed by atoms with Crippen LogP contribution >= 0.6 is 15.9 Å². The van der Waals surface area contributed by atoms with Crippen molar-refractivity contribution in [3.63, 3.8) is 0 Å². The van der Waals surface area contributed by atoms with Gasteiger partial charge in [0.2, 0.25) is 0 Å². The summed E-state index contributed by atoms with van der Waals surface area (Å²) in [6.45, 7) is 5.05. The summed E-state index contributed by atoms with van der Waals surface area (Å²) in [6, 6.07) is 0.960. The van der Waals surface area contributed by atoms with Gasteiger partial charge >= 0.3 is 0 Å². The van der Waals surface area contributed by atoms with Gasteiger partial charge in [-0.15, -0.1) is 0 Å². The first-order valence-corrected chi connectivity index (χ1v) is 6.71. The van der Waals surface area contributed by atoms with E-state index in [9.17, 15) is 0 Å². The highest BCUT2D eigenvalue weighted by Crippen LogP contribution is 2.35. The second-order valence-electron chi connectivity index (χ2n) is 4.89. The number of alkyl halides is 1. The zero-order valence-corrected chi connectivity index (χ0v) is 10.1. The molecule has 0 radical (unpaired) electrons. The predicted molar refractivity (Wildman–Crippen MR) is 60.3 cm³/mol. The second-order valence-corrected chi connectivity index (χ2v) is 5.54. The fourth-order valence-corrected chi connectivity index (χ4v) is 2.10. The van der Waals surface area contributed by atoms with Crippen molar-refractivity contribution in [2.24, 2.45) is 11.8 Å². The lowest BCUT2D eigenvalue weighted by Gasteiger charge is -2.24. The minimum absolute atomic E-state index is 0.819. The zero-order valence-electron chi connectivity index (χ0n) is 8.51. The Morgan fingerprint density at radius 1 is 1.31 bits per heavy atom. The lowest BCUT2D eigenvalue weighted by atomic mass is 10.2. The van der Waals surface area contributed by atoms with Crippen molar-refractivity contribution in [1.82, 2.24) is 4.90 Å². The van der Waals surface area contributed by atoms with Crippen molar-refractivity contribution < 1.29 is 0 Å². The van der Waals surface area contributed by atoms with Crippen LogP contribution in [-0.2, 0) is 0 Å². The summed E-state index contributed by atoms with van der Waals surface area (Å²) in [5.41, 5.74) is 0. The highest BCUT2D eigenvalue weighted by molar-refractivity contribution is 9.09. The number of nitrogens with zero attached hydrogens (tertiary/aromatic N) is 1. The van der Waals surface area contributed by atoms with Gasteiger partial charge in [0.05, 0.1) is 0 Å². The van der Waals surface area contributed by atoms with Crippen LogP contribution in [0, 0.1) is 11.8 Å². The molecule has 0 aromatic carbocycles. The molecule has 0 bridgehead atoms. The van der Waals surface area contributed by atoms with Gasteiger partial charge in [-0.3, -0.25) is 4.90 Å². The third-order valence-corrected chi connectivity index (χ3v) is 4.17. The van der Waals surface area contributed by atoms with E-state index in [1.807, 2.05) is 0 Å². The third kappa shape index (κ3) is 3.25. The van der Waals surface area contributed by atoms with Crippen molar-refractivity contribution >= 4 is 15.9 Å². The van der Waals surface area contributed by atoms with Crippen LogP contribution in [0.15, 0.2) is 0 Å². The van der Waals surface area contributed by atoms with E-state index >= 15 is 0 Å². The van der Waals surface area contributed by atoms with Gasteiger partial charge in [0.25, 0.3) is 0 Å². The van der Waals surface area contributed by atoms with Gasteiger partial charge < -0.3 is 0 Å². The van der Waals surface area contributed by atoms with Crippen molar-refractivity contribution in [2.45, 2.75) is 38.6 Å². The van der Waals surface area contributed by atoms with Crippen molar-refractivity contribution in [2.75, 3.05) is 18.4 Å². The summed E-state index contributed by atoms with van der Waals surface area (Å²) in [5.74, 6) is 1.88. The van der Waals surface area contributed by atoms with Crippen molar-refractivity contribution in [1.29, 1.82) is 0 Å². The molecule has 0 saturated heterocycles. The first-order chi connectivity index (χ1) is 6.29. The fraction of sp³-hybridized carbons (Fsp3) is 1.00. The molecular formula is C11H20BrN. The lowest BCUT2D eigenvalue weighted by molar-refractivity contribution is 0.227. The first kappa shape index (κ1) is 9.97. The van der Waals surface area contributed by atoms with Gasteiger partial charge in [0.15, 0.2) is 0 Å². The van der Waals surface area contributed by atoms with Gasteiger partial charge in [0.1, 0.15) is 0 Å². The molecule has 0 heterocycles. The Morgan fingerprint density at radius 2 is 2.00 bits per heavy atom. The quantitative estimate of drug-likeness (QED) is 0.651. The number of halogens is 1. The highest BCUT2D eigenvalue weighted by Gasteiger charge is 2.33. The maximum absolute atomic E-state index is 3.57. The first-order valence-electron chi connectivity index (χ1n) is 5.59. The largest absolute Gasteiger partial charge is 0.300 e. The topological polar surface area (TPSA) is 3.24 Å². The number of hydrogen-bond donors (Lipinski definition) is 0. The molecule has 0 amide bonds. The molecule has 0 aromatic rings. The molecule has 2 heteroatoms. The molecule has 76 valence electrons. The average molecular weight is 246 g/mol. The van der Waals surface area contributed by atoms with Crippen LogP contribution in [0.5, 0.6) is 0 Å². The summed E-state index contributed by atoms with van der Waals surface area (Å²) < 4.78 is 0. The Bertz CT molecular complexity index is 163. The Kier molecular flexibility index (Phi) is 3.31. The molecule has 1 unspecified atom stereocenters. The Hall–Kier alpha value is 0.440. The van der Waals surface area contributed by atoms with Gasteiger partial charge in [-0.1, -0.05) is 22.9 Å². The van der Waals surface area contributed by atoms with Crippen molar-refractivity contribution in [3.8, 4) is 0 Å². The molecule has 13 heavy (non-hydrogen) atoms. The molecule has 1 nitrogen and oxygen atoms in total. The summed E-state index contributed by atoms with van der Waals surface area (Å²) in [4.78, 5) is 2.74. The number of hydrogen-bond acceptors (Lipinski definition) is 1.